The normalized spacial score (nSPS) is 11.5. The minimum Gasteiger partial charge on any atom is -0.483 e. The second kappa shape index (κ2) is 10.5. The molecule has 0 atom stereocenters. The van der Waals surface area contributed by atoms with Crippen molar-refractivity contribution in [2.75, 3.05) is 10.9 Å². The second-order valence-electron chi connectivity index (χ2n) is 8.12. The standard InChI is InChI=1S/C26H28BrNO4S/c1-5-20-8-11-22(12-9-20)28(33(30,31)23-13-6-19(4)7-14-23)26(29)17-32-25-15-10-21(27)16-24(25)18(2)3/h6-16,18H,5,17H2,1-4H3. The zero-order chi connectivity index (χ0) is 24.2. The highest BCUT2D eigenvalue weighted by atomic mass is 79.9. The maximum absolute atomic E-state index is 13.5. The van der Waals surface area contributed by atoms with E-state index in [0.717, 1.165) is 31.9 Å². The molecule has 0 fully saturated rings. The molecule has 0 aliphatic rings. The van der Waals surface area contributed by atoms with Gasteiger partial charge in [-0.25, -0.2) is 8.42 Å². The SMILES string of the molecule is CCc1ccc(N(C(=O)COc2ccc(Br)cc2C(C)C)S(=O)(=O)c2ccc(C)cc2)cc1. The molecule has 33 heavy (non-hydrogen) atoms. The largest absolute Gasteiger partial charge is 0.483 e. The van der Waals surface area contributed by atoms with Crippen LogP contribution in [0, 0.1) is 6.92 Å². The lowest BCUT2D eigenvalue weighted by Crippen LogP contribution is -2.40. The lowest BCUT2D eigenvalue weighted by Gasteiger charge is -2.23. The van der Waals surface area contributed by atoms with E-state index in [1.807, 2.05) is 52.0 Å². The number of hydrogen-bond donors (Lipinski definition) is 0. The average molecular weight is 530 g/mol. The lowest BCUT2D eigenvalue weighted by atomic mass is 10.0. The number of anilines is 1. The Kier molecular flexibility index (Phi) is 7.97. The van der Waals surface area contributed by atoms with E-state index in [9.17, 15) is 13.2 Å². The summed E-state index contributed by atoms with van der Waals surface area (Å²) >= 11 is 3.46. The highest BCUT2D eigenvalue weighted by Gasteiger charge is 2.31. The Morgan fingerprint density at radius 1 is 1.00 bits per heavy atom. The minimum absolute atomic E-state index is 0.0486. The van der Waals surface area contributed by atoms with Crippen LogP contribution in [0.1, 0.15) is 43.4 Å². The molecule has 0 saturated heterocycles. The van der Waals surface area contributed by atoms with Gasteiger partial charge in [0.25, 0.3) is 15.9 Å². The smallest absolute Gasteiger partial charge is 0.278 e. The van der Waals surface area contributed by atoms with E-state index in [4.69, 9.17) is 4.74 Å². The van der Waals surface area contributed by atoms with Gasteiger partial charge in [0.1, 0.15) is 5.75 Å². The average Bonchev–Trinajstić information content (AvgIpc) is 2.79. The van der Waals surface area contributed by atoms with Crippen LogP contribution in [-0.4, -0.2) is 20.9 Å². The Labute approximate surface area is 204 Å². The molecule has 3 aromatic carbocycles. The molecule has 0 heterocycles. The molecule has 3 aromatic rings. The van der Waals surface area contributed by atoms with Gasteiger partial charge in [-0.05, 0) is 72.9 Å². The van der Waals surface area contributed by atoms with E-state index >= 15 is 0 Å². The first-order valence-corrected chi connectivity index (χ1v) is 13.0. The molecule has 0 bridgehead atoms. The number of benzene rings is 3. The summed E-state index contributed by atoms with van der Waals surface area (Å²) < 4.78 is 34.6. The molecule has 0 unspecified atom stereocenters. The summed E-state index contributed by atoms with van der Waals surface area (Å²) in [5.41, 5.74) is 3.18. The van der Waals surface area contributed by atoms with E-state index in [0.29, 0.717) is 5.75 Å². The summed E-state index contributed by atoms with van der Waals surface area (Å²) in [6, 6.07) is 19.0. The van der Waals surface area contributed by atoms with Crippen molar-refractivity contribution in [2.24, 2.45) is 0 Å². The Bertz CT molecular complexity index is 1220. The van der Waals surface area contributed by atoms with Gasteiger partial charge in [-0.15, -0.1) is 0 Å². The molecule has 0 aliphatic heterocycles. The summed E-state index contributed by atoms with van der Waals surface area (Å²) in [6.45, 7) is 7.53. The Morgan fingerprint density at radius 2 is 1.64 bits per heavy atom. The van der Waals surface area contributed by atoms with Crippen LogP contribution in [0.5, 0.6) is 5.75 Å². The third-order valence-corrected chi connectivity index (χ3v) is 7.57. The van der Waals surface area contributed by atoms with Crippen molar-refractivity contribution in [1.82, 2.24) is 0 Å². The minimum atomic E-state index is -4.13. The number of sulfonamides is 1. The first-order valence-electron chi connectivity index (χ1n) is 10.8. The molecule has 0 spiro atoms. The molecule has 0 aliphatic carbocycles. The zero-order valence-electron chi connectivity index (χ0n) is 19.2. The van der Waals surface area contributed by atoms with Crippen LogP contribution in [0.4, 0.5) is 5.69 Å². The summed E-state index contributed by atoms with van der Waals surface area (Å²) in [4.78, 5) is 13.4. The Hall–Kier alpha value is -2.64. The van der Waals surface area contributed by atoms with Gasteiger partial charge in [0.15, 0.2) is 6.61 Å². The number of ether oxygens (including phenoxy) is 1. The topological polar surface area (TPSA) is 63.7 Å². The van der Waals surface area contributed by atoms with E-state index in [-0.39, 0.29) is 16.5 Å². The molecule has 5 nitrogen and oxygen atoms in total. The molecular formula is C26H28BrNO4S. The molecule has 3 rings (SSSR count). The number of hydrogen-bond acceptors (Lipinski definition) is 4. The fraction of sp³-hybridized carbons (Fsp3) is 0.269. The van der Waals surface area contributed by atoms with Crippen LogP contribution in [0.3, 0.4) is 0 Å². The molecule has 0 aromatic heterocycles. The first kappa shape index (κ1) is 25.0. The van der Waals surface area contributed by atoms with Crippen LogP contribution in [0.2, 0.25) is 0 Å². The van der Waals surface area contributed by atoms with Crippen LogP contribution < -0.4 is 9.04 Å². The zero-order valence-corrected chi connectivity index (χ0v) is 21.6. The molecule has 0 saturated carbocycles. The van der Waals surface area contributed by atoms with Crippen LogP contribution in [-0.2, 0) is 21.2 Å². The highest BCUT2D eigenvalue weighted by molar-refractivity contribution is 9.10. The first-order chi connectivity index (χ1) is 15.6. The van der Waals surface area contributed by atoms with E-state index in [1.165, 1.54) is 12.1 Å². The van der Waals surface area contributed by atoms with Crippen LogP contribution in [0.25, 0.3) is 0 Å². The number of amides is 1. The molecule has 0 N–H and O–H groups in total. The third kappa shape index (κ3) is 5.84. The second-order valence-corrected chi connectivity index (χ2v) is 10.8. The van der Waals surface area contributed by atoms with Gasteiger partial charge in [-0.2, -0.15) is 4.31 Å². The monoisotopic (exact) mass is 529 g/mol. The Balaban J connectivity index is 1.97. The summed E-state index contributed by atoms with van der Waals surface area (Å²) in [6.07, 6.45) is 0.809. The van der Waals surface area contributed by atoms with Gasteiger partial charge < -0.3 is 4.74 Å². The van der Waals surface area contributed by atoms with Gasteiger partial charge >= 0.3 is 0 Å². The molecule has 174 valence electrons. The Morgan fingerprint density at radius 3 is 2.21 bits per heavy atom. The van der Waals surface area contributed by atoms with Crippen molar-refractivity contribution < 1.29 is 17.9 Å². The third-order valence-electron chi connectivity index (χ3n) is 5.31. The fourth-order valence-electron chi connectivity index (χ4n) is 3.40. The predicted octanol–water partition coefficient (Wildman–Crippen LogP) is 6.24. The summed E-state index contributed by atoms with van der Waals surface area (Å²) in [7, 11) is -4.13. The predicted molar refractivity (Wildman–Crippen MR) is 135 cm³/mol. The van der Waals surface area contributed by atoms with E-state index < -0.39 is 22.5 Å². The van der Waals surface area contributed by atoms with Gasteiger partial charge in [0.2, 0.25) is 0 Å². The lowest BCUT2D eigenvalue weighted by molar-refractivity contribution is -0.119. The molecule has 7 heteroatoms. The number of carbonyl (C=O) groups is 1. The fourth-order valence-corrected chi connectivity index (χ4v) is 5.19. The number of nitrogens with zero attached hydrogens (tertiary/aromatic N) is 1. The van der Waals surface area contributed by atoms with E-state index in [1.54, 1.807) is 30.3 Å². The van der Waals surface area contributed by atoms with Gasteiger partial charge in [-0.3, -0.25) is 4.79 Å². The summed E-state index contributed by atoms with van der Waals surface area (Å²) in [5.74, 6) is 0.0506. The number of carbonyl (C=O) groups excluding carboxylic acids is 1. The van der Waals surface area contributed by atoms with Crippen molar-refractivity contribution in [3.63, 3.8) is 0 Å². The quantitative estimate of drug-likeness (QED) is 0.346. The van der Waals surface area contributed by atoms with Crippen molar-refractivity contribution in [3.05, 3.63) is 87.9 Å². The number of aryl methyl sites for hydroxylation is 2. The van der Waals surface area contributed by atoms with Crippen molar-refractivity contribution in [2.45, 2.75) is 44.9 Å². The molecule has 0 radical (unpaired) electrons. The maximum atomic E-state index is 13.5. The number of rotatable bonds is 8. The van der Waals surface area contributed by atoms with Crippen LogP contribution >= 0.6 is 15.9 Å². The van der Waals surface area contributed by atoms with Gasteiger partial charge in [0.05, 0.1) is 10.6 Å². The van der Waals surface area contributed by atoms with Crippen molar-refractivity contribution in [3.8, 4) is 5.75 Å². The number of halogens is 1. The molecule has 1 amide bonds. The van der Waals surface area contributed by atoms with Crippen LogP contribution in [0.15, 0.2) is 76.1 Å². The van der Waals surface area contributed by atoms with E-state index in [2.05, 4.69) is 15.9 Å². The van der Waals surface area contributed by atoms with Crippen molar-refractivity contribution >= 4 is 37.5 Å². The highest BCUT2D eigenvalue weighted by Crippen LogP contribution is 2.30. The van der Waals surface area contributed by atoms with Crippen molar-refractivity contribution in [1.29, 1.82) is 0 Å². The van der Waals surface area contributed by atoms with Gasteiger partial charge in [-0.1, -0.05) is 66.5 Å². The molecular weight excluding hydrogens is 502 g/mol. The summed E-state index contributed by atoms with van der Waals surface area (Å²) in [5, 5.41) is 0. The van der Waals surface area contributed by atoms with Gasteiger partial charge in [0, 0.05) is 4.47 Å². The maximum Gasteiger partial charge on any atom is 0.278 e.